The number of nitrogens with one attached hydrogen (secondary N) is 2. The summed E-state index contributed by atoms with van der Waals surface area (Å²) in [6.07, 6.45) is 1.35. The Morgan fingerprint density at radius 2 is 1.78 bits per heavy atom. The fourth-order valence-electron chi connectivity index (χ4n) is 4.00. The SMILES string of the molecule is CC(C)c1ccc(COc2ccc(C(C(=N)c3ccnc(C(=O)O)c3)C3=NCCNC3=O)cc2)cc1. The Morgan fingerprint density at radius 3 is 2.42 bits per heavy atom. The Labute approximate surface area is 209 Å². The highest BCUT2D eigenvalue weighted by molar-refractivity contribution is 6.46. The number of amides is 1. The van der Waals surface area contributed by atoms with Crippen molar-refractivity contribution in [2.24, 2.45) is 4.99 Å². The van der Waals surface area contributed by atoms with Crippen LogP contribution in [-0.2, 0) is 11.4 Å². The number of rotatable bonds is 9. The standard InChI is InChI=1S/C28H28N4O4/c1-17(2)19-5-3-18(4-6-19)16-36-22-9-7-20(8-10-22)24(26-27(33)32-14-13-31-26)25(29)21-11-12-30-23(15-21)28(34)35/h3-12,15,17,24,29H,13-14,16H2,1-2H3,(H,32,33)(H,34,35). The van der Waals surface area contributed by atoms with Gasteiger partial charge < -0.3 is 20.6 Å². The topological polar surface area (TPSA) is 125 Å². The van der Waals surface area contributed by atoms with Crippen molar-refractivity contribution < 1.29 is 19.4 Å². The Bertz CT molecular complexity index is 1300. The van der Waals surface area contributed by atoms with E-state index in [1.807, 2.05) is 0 Å². The number of carboxylic acids is 1. The molecule has 1 unspecified atom stereocenters. The molecule has 1 aliphatic rings. The number of aliphatic imine (C=N–C) groups is 1. The van der Waals surface area contributed by atoms with E-state index in [0.29, 0.717) is 42.5 Å². The van der Waals surface area contributed by atoms with Gasteiger partial charge in [-0.25, -0.2) is 9.78 Å². The summed E-state index contributed by atoms with van der Waals surface area (Å²) in [6.45, 7) is 5.58. The summed E-state index contributed by atoms with van der Waals surface area (Å²) in [6, 6.07) is 18.4. The Balaban J connectivity index is 1.57. The number of carbonyl (C=O) groups is 2. The van der Waals surface area contributed by atoms with Gasteiger partial charge in [-0.3, -0.25) is 9.79 Å². The minimum atomic E-state index is -1.19. The van der Waals surface area contributed by atoms with Crippen LogP contribution >= 0.6 is 0 Å². The minimum Gasteiger partial charge on any atom is -0.489 e. The van der Waals surface area contributed by atoms with Crippen LogP contribution in [0.2, 0.25) is 0 Å². The molecule has 36 heavy (non-hydrogen) atoms. The molecule has 0 saturated heterocycles. The summed E-state index contributed by atoms with van der Waals surface area (Å²) in [4.78, 5) is 32.3. The predicted octanol–water partition coefficient (Wildman–Crippen LogP) is 4.20. The summed E-state index contributed by atoms with van der Waals surface area (Å²) in [5.41, 5.74) is 3.49. The molecule has 8 heteroatoms. The molecule has 3 N–H and O–H groups in total. The summed E-state index contributed by atoms with van der Waals surface area (Å²) >= 11 is 0. The van der Waals surface area contributed by atoms with E-state index in [1.165, 1.54) is 17.8 Å². The molecule has 0 saturated carbocycles. The van der Waals surface area contributed by atoms with Crippen molar-refractivity contribution in [3.63, 3.8) is 0 Å². The number of benzene rings is 2. The summed E-state index contributed by atoms with van der Waals surface area (Å²) in [5.74, 6) is -1.17. The highest BCUT2D eigenvalue weighted by Crippen LogP contribution is 2.27. The average Bonchev–Trinajstić information content (AvgIpc) is 2.89. The van der Waals surface area contributed by atoms with E-state index in [9.17, 15) is 14.7 Å². The summed E-state index contributed by atoms with van der Waals surface area (Å²) in [5, 5.41) is 21.0. The van der Waals surface area contributed by atoms with Crippen molar-refractivity contribution in [3.8, 4) is 5.75 Å². The molecule has 2 aromatic carbocycles. The fraction of sp³-hybridized carbons (Fsp3) is 0.250. The number of ether oxygens (including phenoxy) is 1. The maximum absolute atomic E-state index is 12.6. The van der Waals surface area contributed by atoms with Crippen molar-refractivity contribution in [1.82, 2.24) is 10.3 Å². The molecule has 0 fully saturated rings. The molecule has 1 amide bonds. The molecule has 0 radical (unpaired) electrons. The molecule has 184 valence electrons. The van der Waals surface area contributed by atoms with E-state index in [1.54, 1.807) is 30.3 Å². The second-order valence-corrected chi connectivity index (χ2v) is 8.86. The number of carbonyl (C=O) groups excluding carboxylic acids is 1. The molecule has 3 aromatic rings. The largest absolute Gasteiger partial charge is 0.489 e. The Morgan fingerprint density at radius 1 is 1.08 bits per heavy atom. The van der Waals surface area contributed by atoms with Gasteiger partial charge in [-0.15, -0.1) is 0 Å². The van der Waals surface area contributed by atoms with E-state index in [4.69, 9.17) is 10.1 Å². The van der Waals surface area contributed by atoms with Crippen molar-refractivity contribution in [2.45, 2.75) is 32.3 Å². The average molecular weight is 485 g/mol. The molecule has 0 aliphatic carbocycles. The van der Waals surface area contributed by atoms with Crippen molar-refractivity contribution in [3.05, 3.63) is 94.8 Å². The van der Waals surface area contributed by atoms with Crippen molar-refractivity contribution >= 4 is 23.3 Å². The van der Waals surface area contributed by atoms with Crippen LogP contribution in [-0.4, -0.2) is 46.5 Å². The third-order valence-corrected chi connectivity index (χ3v) is 6.03. The first kappa shape index (κ1) is 24.8. The van der Waals surface area contributed by atoms with E-state index in [-0.39, 0.29) is 23.0 Å². The van der Waals surface area contributed by atoms with Gasteiger partial charge in [0, 0.05) is 18.3 Å². The maximum atomic E-state index is 12.6. The summed E-state index contributed by atoms with van der Waals surface area (Å²) < 4.78 is 5.94. The van der Waals surface area contributed by atoms with Gasteiger partial charge in [-0.05, 0) is 46.9 Å². The lowest BCUT2D eigenvalue weighted by Gasteiger charge is -2.23. The lowest BCUT2D eigenvalue weighted by molar-refractivity contribution is -0.115. The first-order valence-electron chi connectivity index (χ1n) is 11.8. The second kappa shape index (κ2) is 10.9. The highest BCUT2D eigenvalue weighted by atomic mass is 16.5. The van der Waals surface area contributed by atoms with Crippen LogP contribution < -0.4 is 10.1 Å². The van der Waals surface area contributed by atoms with Crippen LogP contribution in [0.4, 0.5) is 0 Å². The third-order valence-electron chi connectivity index (χ3n) is 6.03. The molecule has 4 rings (SSSR count). The van der Waals surface area contributed by atoms with Crippen LogP contribution in [0.1, 0.15) is 58.4 Å². The van der Waals surface area contributed by atoms with Crippen molar-refractivity contribution in [2.75, 3.05) is 13.1 Å². The van der Waals surface area contributed by atoms with Crippen molar-refractivity contribution in [1.29, 1.82) is 5.41 Å². The summed E-state index contributed by atoms with van der Waals surface area (Å²) in [7, 11) is 0. The molecule has 8 nitrogen and oxygen atoms in total. The normalized spacial score (nSPS) is 14.1. The monoisotopic (exact) mass is 484 g/mol. The number of pyridine rings is 1. The lowest BCUT2D eigenvalue weighted by atomic mass is 9.85. The van der Waals surface area contributed by atoms with Gasteiger partial charge in [0.25, 0.3) is 5.91 Å². The first-order valence-corrected chi connectivity index (χ1v) is 11.8. The molecule has 0 bridgehead atoms. The number of carboxylic acid groups (broad SMARTS) is 1. The van der Waals surface area contributed by atoms with Crippen LogP contribution in [0.25, 0.3) is 0 Å². The molecule has 1 atom stereocenters. The number of hydrogen-bond acceptors (Lipinski definition) is 6. The Kier molecular flexibility index (Phi) is 7.53. The van der Waals surface area contributed by atoms with E-state index in [2.05, 4.69) is 53.4 Å². The smallest absolute Gasteiger partial charge is 0.354 e. The van der Waals surface area contributed by atoms with E-state index >= 15 is 0 Å². The van der Waals surface area contributed by atoms with Crippen LogP contribution in [0.5, 0.6) is 5.75 Å². The number of nitrogens with zero attached hydrogens (tertiary/aromatic N) is 2. The molecule has 0 spiro atoms. The Hall–Kier alpha value is -4.33. The van der Waals surface area contributed by atoms with Gasteiger partial charge in [0.15, 0.2) is 0 Å². The zero-order valence-corrected chi connectivity index (χ0v) is 20.2. The van der Waals surface area contributed by atoms with E-state index < -0.39 is 11.9 Å². The minimum absolute atomic E-state index is 0.0645. The van der Waals surface area contributed by atoms with Crippen LogP contribution in [0.15, 0.2) is 71.9 Å². The van der Waals surface area contributed by atoms with E-state index in [0.717, 1.165) is 5.56 Å². The van der Waals surface area contributed by atoms with Crippen LogP contribution in [0.3, 0.4) is 0 Å². The second-order valence-electron chi connectivity index (χ2n) is 8.86. The highest BCUT2D eigenvalue weighted by Gasteiger charge is 2.31. The predicted molar refractivity (Wildman–Crippen MR) is 137 cm³/mol. The molecule has 1 aromatic heterocycles. The van der Waals surface area contributed by atoms with Gasteiger partial charge in [-0.2, -0.15) is 0 Å². The van der Waals surface area contributed by atoms with Gasteiger partial charge in [0.2, 0.25) is 0 Å². The number of aromatic carboxylic acids is 1. The number of aromatic nitrogens is 1. The quantitative estimate of drug-likeness (QED) is 0.393. The fourth-order valence-corrected chi connectivity index (χ4v) is 4.00. The van der Waals surface area contributed by atoms with Gasteiger partial charge in [0.05, 0.1) is 18.2 Å². The zero-order chi connectivity index (χ0) is 25.7. The van der Waals surface area contributed by atoms with Gasteiger partial charge >= 0.3 is 5.97 Å². The molecular weight excluding hydrogens is 456 g/mol. The molecule has 2 heterocycles. The maximum Gasteiger partial charge on any atom is 0.354 e. The molecular formula is C28H28N4O4. The first-order chi connectivity index (χ1) is 17.3. The number of hydrogen-bond donors (Lipinski definition) is 3. The molecule has 1 aliphatic heterocycles. The van der Waals surface area contributed by atoms with Gasteiger partial charge in [0.1, 0.15) is 23.8 Å². The lowest BCUT2D eigenvalue weighted by Crippen LogP contribution is -2.42. The zero-order valence-electron chi connectivity index (χ0n) is 20.2. The van der Waals surface area contributed by atoms with Gasteiger partial charge in [-0.1, -0.05) is 50.2 Å². The third kappa shape index (κ3) is 5.66. The van der Waals surface area contributed by atoms with Crippen LogP contribution in [0, 0.1) is 5.41 Å².